The highest BCUT2D eigenvalue weighted by atomic mass is 35.5. The predicted octanol–water partition coefficient (Wildman–Crippen LogP) is 3.79. The molecule has 1 aliphatic rings. The van der Waals surface area contributed by atoms with Crippen LogP contribution in [0.25, 0.3) is 11.5 Å². The van der Waals surface area contributed by atoms with Crippen LogP contribution in [-0.4, -0.2) is 36.0 Å². The van der Waals surface area contributed by atoms with E-state index in [2.05, 4.69) is 10.1 Å². The van der Waals surface area contributed by atoms with E-state index in [0.29, 0.717) is 16.1 Å². The van der Waals surface area contributed by atoms with Crippen LogP contribution < -0.4 is 0 Å². The van der Waals surface area contributed by atoms with Gasteiger partial charge in [0.25, 0.3) is 5.89 Å². The summed E-state index contributed by atoms with van der Waals surface area (Å²) in [5.74, 6) is -0.146. The molecule has 0 N–H and O–H groups in total. The van der Waals surface area contributed by atoms with Gasteiger partial charge in [0, 0.05) is 23.6 Å². The summed E-state index contributed by atoms with van der Waals surface area (Å²) in [6, 6.07) is 15.6. The van der Waals surface area contributed by atoms with E-state index in [9.17, 15) is 8.42 Å². The van der Waals surface area contributed by atoms with Crippen LogP contribution in [0, 0.1) is 0 Å². The van der Waals surface area contributed by atoms with Crippen LogP contribution in [0.5, 0.6) is 0 Å². The zero-order valence-corrected chi connectivity index (χ0v) is 16.3. The number of aromatic nitrogens is 2. The van der Waals surface area contributed by atoms with Gasteiger partial charge < -0.3 is 4.52 Å². The van der Waals surface area contributed by atoms with Crippen LogP contribution in [0.15, 0.2) is 59.1 Å². The van der Waals surface area contributed by atoms with Gasteiger partial charge in [0.05, 0.1) is 12.3 Å². The summed E-state index contributed by atoms with van der Waals surface area (Å²) >= 11 is 5.83. The second-order valence-corrected chi connectivity index (χ2v) is 9.13. The normalized spacial score (nSPS) is 20.5. The molecule has 6 nitrogen and oxygen atoms in total. The monoisotopic (exact) mass is 421 g/mol. The van der Waals surface area contributed by atoms with Crippen molar-refractivity contribution in [3.8, 4) is 11.5 Å². The summed E-state index contributed by atoms with van der Waals surface area (Å²) in [5, 5.41) is 4.28. The molecule has 0 amide bonds. The highest BCUT2D eigenvalue weighted by Crippen LogP contribution is 2.37. The van der Waals surface area contributed by atoms with Crippen molar-refractivity contribution in [2.75, 3.05) is 13.1 Å². The van der Waals surface area contributed by atoms with Crippen molar-refractivity contribution in [3.63, 3.8) is 0 Å². The lowest BCUT2D eigenvalue weighted by Crippen LogP contribution is -2.33. The van der Waals surface area contributed by atoms with Crippen molar-refractivity contribution < 1.29 is 17.3 Å². The first kappa shape index (κ1) is 19.0. The molecule has 1 fully saturated rings. The van der Waals surface area contributed by atoms with Crippen LogP contribution in [-0.2, 0) is 21.4 Å². The average Bonchev–Trinajstić information content (AvgIpc) is 3.33. The van der Waals surface area contributed by atoms with Crippen LogP contribution in [0.4, 0.5) is 4.39 Å². The van der Waals surface area contributed by atoms with Crippen LogP contribution in [0.3, 0.4) is 0 Å². The van der Waals surface area contributed by atoms with Crippen molar-refractivity contribution >= 4 is 21.6 Å². The van der Waals surface area contributed by atoms with Crippen molar-refractivity contribution in [2.24, 2.45) is 0 Å². The molecule has 1 aromatic heterocycles. The molecule has 1 unspecified atom stereocenters. The van der Waals surface area contributed by atoms with E-state index < -0.39 is 15.7 Å². The van der Waals surface area contributed by atoms with E-state index in [1.807, 2.05) is 18.2 Å². The number of halogens is 2. The highest BCUT2D eigenvalue weighted by molar-refractivity contribution is 7.88. The minimum Gasteiger partial charge on any atom is -0.334 e. The first-order chi connectivity index (χ1) is 13.4. The molecule has 2 aromatic carbocycles. The maximum Gasteiger partial charge on any atom is 0.258 e. The van der Waals surface area contributed by atoms with Gasteiger partial charge >= 0.3 is 0 Å². The first-order valence-corrected chi connectivity index (χ1v) is 10.7. The zero-order chi connectivity index (χ0) is 19.8. The number of benzene rings is 2. The Hall–Kier alpha value is -2.29. The smallest absolute Gasteiger partial charge is 0.258 e. The van der Waals surface area contributed by atoms with Gasteiger partial charge in [0.2, 0.25) is 15.8 Å². The summed E-state index contributed by atoms with van der Waals surface area (Å²) in [6.45, 7) is -0.279. The van der Waals surface area contributed by atoms with Gasteiger partial charge in [-0.2, -0.15) is 9.29 Å². The van der Waals surface area contributed by atoms with Crippen LogP contribution >= 0.6 is 11.6 Å². The van der Waals surface area contributed by atoms with E-state index in [0.717, 1.165) is 4.31 Å². The SMILES string of the molecule is O=S(=O)(Cc1ccc(Cl)cc1)N1CCC(F)(c2noc(-c3ccccc3)n2)C1. The third-order valence-corrected chi connectivity index (χ3v) is 6.74. The molecule has 2 heterocycles. The average molecular weight is 422 g/mol. The topological polar surface area (TPSA) is 76.3 Å². The van der Waals surface area contributed by atoms with Gasteiger partial charge in [-0.25, -0.2) is 12.8 Å². The molecule has 0 bridgehead atoms. The Balaban J connectivity index is 1.51. The fourth-order valence-electron chi connectivity index (χ4n) is 3.15. The predicted molar refractivity (Wildman–Crippen MR) is 103 cm³/mol. The number of nitrogens with zero attached hydrogens (tertiary/aromatic N) is 3. The second kappa shape index (κ2) is 7.27. The Labute approximate surface area is 167 Å². The van der Waals surface area contributed by atoms with Gasteiger partial charge in [-0.3, -0.25) is 0 Å². The van der Waals surface area contributed by atoms with E-state index in [1.54, 1.807) is 36.4 Å². The fraction of sp³-hybridized carbons (Fsp3) is 0.263. The molecule has 1 saturated heterocycles. The van der Waals surface area contributed by atoms with Crippen molar-refractivity contribution in [1.82, 2.24) is 14.4 Å². The summed E-state index contributed by atoms with van der Waals surface area (Å²) < 4.78 is 47.1. The molecule has 28 heavy (non-hydrogen) atoms. The van der Waals surface area contributed by atoms with Gasteiger partial charge in [-0.15, -0.1) is 0 Å². The number of alkyl halides is 1. The second-order valence-electron chi connectivity index (χ2n) is 6.72. The third-order valence-electron chi connectivity index (χ3n) is 4.69. The lowest BCUT2D eigenvalue weighted by Gasteiger charge is -2.18. The lowest BCUT2D eigenvalue weighted by atomic mass is 10.1. The van der Waals surface area contributed by atoms with E-state index in [1.165, 1.54) is 0 Å². The highest BCUT2D eigenvalue weighted by Gasteiger charge is 2.47. The minimum absolute atomic E-state index is 0.0272. The van der Waals surface area contributed by atoms with Crippen LogP contribution in [0.1, 0.15) is 17.8 Å². The number of rotatable bonds is 5. The molecular weight excluding hydrogens is 405 g/mol. The number of hydrogen-bond donors (Lipinski definition) is 0. The summed E-state index contributed by atoms with van der Waals surface area (Å²) in [7, 11) is -3.69. The van der Waals surface area contributed by atoms with Crippen molar-refractivity contribution in [3.05, 3.63) is 71.0 Å². The molecule has 0 aliphatic carbocycles. The van der Waals surface area contributed by atoms with E-state index >= 15 is 4.39 Å². The largest absolute Gasteiger partial charge is 0.334 e. The number of sulfonamides is 1. The molecule has 3 aromatic rings. The van der Waals surface area contributed by atoms with E-state index in [-0.39, 0.29) is 37.0 Å². The number of hydrogen-bond acceptors (Lipinski definition) is 5. The van der Waals surface area contributed by atoms with E-state index in [4.69, 9.17) is 16.1 Å². The molecular formula is C19H17ClFN3O3S. The van der Waals surface area contributed by atoms with Crippen LogP contribution in [0.2, 0.25) is 5.02 Å². The van der Waals surface area contributed by atoms with Gasteiger partial charge in [-0.1, -0.05) is 47.1 Å². The van der Waals surface area contributed by atoms with Crippen molar-refractivity contribution in [2.45, 2.75) is 17.8 Å². The summed E-state index contributed by atoms with van der Waals surface area (Å²) in [4.78, 5) is 4.16. The summed E-state index contributed by atoms with van der Waals surface area (Å²) in [6.07, 6.45) is -0.0272. The van der Waals surface area contributed by atoms with Crippen molar-refractivity contribution in [1.29, 1.82) is 0 Å². The maximum atomic E-state index is 15.4. The molecule has 0 saturated carbocycles. The lowest BCUT2D eigenvalue weighted by molar-refractivity contribution is 0.164. The maximum absolute atomic E-state index is 15.4. The quantitative estimate of drug-likeness (QED) is 0.626. The standard InChI is InChI=1S/C19H17ClFN3O3S/c20-16-8-6-14(7-9-16)12-28(25,26)24-11-10-19(21,13-24)18-22-17(27-23-18)15-4-2-1-3-5-15/h1-9H,10-13H2. The fourth-order valence-corrected chi connectivity index (χ4v) is 4.84. The van der Waals surface area contributed by atoms with Gasteiger partial charge in [0.15, 0.2) is 5.67 Å². The summed E-state index contributed by atoms with van der Waals surface area (Å²) in [5.41, 5.74) is -0.717. The van der Waals surface area contributed by atoms with Gasteiger partial charge in [-0.05, 0) is 29.8 Å². The Kier molecular flexibility index (Phi) is 4.95. The Morgan fingerprint density at radius 2 is 1.86 bits per heavy atom. The Morgan fingerprint density at radius 1 is 1.14 bits per heavy atom. The Morgan fingerprint density at radius 3 is 2.57 bits per heavy atom. The molecule has 1 atom stereocenters. The Bertz CT molecular complexity index is 1070. The molecule has 4 rings (SSSR count). The zero-order valence-electron chi connectivity index (χ0n) is 14.8. The molecule has 1 aliphatic heterocycles. The minimum atomic E-state index is -3.69. The molecule has 146 valence electrons. The third kappa shape index (κ3) is 3.80. The first-order valence-electron chi connectivity index (χ1n) is 8.67. The molecule has 9 heteroatoms. The molecule has 0 spiro atoms. The molecule has 0 radical (unpaired) electrons. The van der Waals surface area contributed by atoms with Gasteiger partial charge in [0.1, 0.15) is 0 Å².